The van der Waals surface area contributed by atoms with Crippen LogP contribution in [-0.2, 0) is 6.61 Å². The summed E-state index contributed by atoms with van der Waals surface area (Å²) in [7, 11) is 1.35. The molecule has 0 radical (unpaired) electrons. The number of anilines is 1. The van der Waals surface area contributed by atoms with Gasteiger partial charge in [0.1, 0.15) is 18.2 Å². The van der Waals surface area contributed by atoms with Crippen LogP contribution in [0.4, 0.5) is 18.9 Å². The predicted molar refractivity (Wildman–Crippen MR) is 90.9 cm³/mol. The van der Waals surface area contributed by atoms with Gasteiger partial charge in [0.2, 0.25) is 0 Å². The van der Waals surface area contributed by atoms with E-state index in [2.05, 4.69) is 0 Å². The van der Waals surface area contributed by atoms with E-state index in [1.807, 2.05) is 0 Å². The number of hydrogen-bond acceptors (Lipinski definition) is 4. The van der Waals surface area contributed by atoms with Gasteiger partial charge in [-0.2, -0.15) is 0 Å². The van der Waals surface area contributed by atoms with Crippen LogP contribution in [0, 0.1) is 17.5 Å². The van der Waals surface area contributed by atoms with Gasteiger partial charge < -0.3 is 19.9 Å². The van der Waals surface area contributed by atoms with E-state index in [-0.39, 0.29) is 41.2 Å². The van der Waals surface area contributed by atoms with E-state index in [0.717, 1.165) is 37.8 Å². The quantitative estimate of drug-likeness (QED) is 0.759. The second kappa shape index (κ2) is 7.76. The van der Waals surface area contributed by atoms with Gasteiger partial charge in [0.15, 0.2) is 23.1 Å². The predicted octanol–water partition coefficient (Wildman–Crippen LogP) is 4.60. The monoisotopic (exact) mass is 367 g/mol. The molecular weight excluding hydrogens is 347 g/mol. The lowest BCUT2D eigenvalue weighted by Gasteiger charge is -2.18. The van der Waals surface area contributed by atoms with Gasteiger partial charge in [-0.25, -0.2) is 13.2 Å². The Balaban J connectivity index is 1.85. The zero-order valence-corrected chi connectivity index (χ0v) is 14.4. The second-order valence-electron chi connectivity index (χ2n) is 6.18. The number of nitrogen functional groups attached to an aromatic ring is 1. The molecule has 3 rings (SSSR count). The summed E-state index contributed by atoms with van der Waals surface area (Å²) in [6.45, 7) is -0.321. The average Bonchev–Trinajstić information content (AvgIpc) is 3.13. The van der Waals surface area contributed by atoms with Crippen molar-refractivity contribution in [1.82, 2.24) is 0 Å². The van der Waals surface area contributed by atoms with Crippen molar-refractivity contribution < 1.29 is 27.4 Å². The molecule has 2 aromatic rings. The van der Waals surface area contributed by atoms with E-state index in [1.165, 1.54) is 19.2 Å². The molecule has 1 fully saturated rings. The molecule has 7 heteroatoms. The maximum atomic E-state index is 14.1. The Bertz CT molecular complexity index is 792. The first-order chi connectivity index (χ1) is 12.5. The number of benzene rings is 2. The summed E-state index contributed by atoms with van der Waals surface area (Å²) in [6, 6.07) is 4.72. The number of methoxy groups -OCH3 is 1. The molecule has 140 valence electrons. The van der Waals surface area contributed by atoms with Crippen molar-refractivity contribution in [1.29, 1.82) is 0 Å². The van der Waals surface area contributed by atoms with E-state index in [0.29, 0.717) is 0 Å². The Labute approximate surface area is 149 Å². The first kappa shape index (κ1) is 18.2. The first-order valence-electron chi connectivity index (χ1n) is 8.39. The molecule has 2 N–H and O–H groups in total. The Morgan fingerprint density at radius 2 is 1.73 bits per heavy atom. The summed E-state index contributed by atoms with van der Waals surface area (Å²) >= 11 is 0. The summed E-state index contributed by atoms with van der Waals surface area (Å²) < 4.78 is 57.9. The maximum absolute atomic E-state index is 14.1. The Kier molecular flexibility index (Phi) is 5.44. The van der Waals surface area contributed by atoms with Crippen LogP contribution in [0.2, 0.25) is 0 Å². The molecule has 4 nitrogen and oxygen atoms in total. The SMILES string of the molecule is COc1ccc(F)c(F)c1COc1cc(N)c(F)cc1OC1CCCC1. The van der Waals surface area contributed by atoms with Crippen LogP contribution in [0.25, 0.3) is 0 Å². The third kappa shape index (κ3) is 3.81. The highest BCUT2D eigenvalue weighted by Gasteiger charge is 2.21. The highest BCUT2D eigenvalue weighted by Crippen LogP contribution is 2.36. The fourth-order valence-electron chi connectivity index (χ4n) is 2.99. The zero-order valence-electron chi connectivity index (χ0n) is 14.4. The largest absolute Gasteiger partial charge is 0.496 e. The van der Waals surface area contributed by atoms with Crippen LogP contribution >= 0.6 is 0 Å². The van der Waals surface area contributed by atoms with Gasteiger partial charge in [-0.1, -0.05) is 0 Å². The van der Waals surface area contributed by atoms with E-state index >= 15 is 0 Å². The van der Waals surface area contributed by atoms with Gasteiger partial charge in [0, 0.05) is 12.1 Å². The van der Waals surface area contributed by atoms with Crippen LogP contribution in [-0.4, -0.2) is 13.2 Å². The molecule has 0 aromatic heterocycles. The molecule has 1 saturated carbocycles. The fourth-order valence-corrected chi connectivity index (χ4v) is 2.99. The molecule has 0 spiro atoms. The van der Waals surface area contributed by atoms with Crippen molar-refractivity contribution in [3.63, 3.8) is 0 Å². The minimum Gasteiger partial charge on any atom is -0.496 e. The lowest BCUT2D eigenvalue weighted by atomic mass is 10.2. The van der Waals surface area contributed by atoms with Crippen molar-refractivity contribution in [3.05, 3.63) is 47.3 Å². The Hall–Kier alpha value is -2.57. The van der Waals surface area contributed by atoms with E-state index in [4.69, 9.17) is 19.9 Å². The van der Waals surface area contributed by atoms with E-state index in [9.17, 15) is 13.2 Å². The minimum absolute atomic E-state index is 0.0270. The highest BCUT2D eigenvalue weighted by molar-refractivity contribution is 5.53. The summed E-state index contributed by atoms with van der Waals surface area (Å²) in [5.74, 6) is -2.18. The number of nitrogens with two attached hydrogens (primary N) is 1. The Morgan fingerprint density at radius 3 is 2.42 bits per heavy atom. The molecular formula is C19H20F3NO3. The maximum Gasteiger partial charge on any atom is 0.169 e. The van der Waals surface area contributed by atoms with Crippen LogP contribution in [0.15, 0.2) is 24.3 Å². The van der Waals surface area contributed by atoms with E-state index in [1.54, 1.807) is 0 Å². The number of halogens is 3. The fraction of sp³-hybridized carbons (Fsp3) is 0.368. The third-order valence-corrected chi connectivity index (χ3v) is 4.40. The lowest BCUT2D eigenvalue weighted by molar-refractivity contribution is 0.191. The standard InChI is InChI=1S/C19H20F3NO3/c1-24-16-7-6-13(20)19(22)12(16)10-25-17-9-15(23)14(21)8-18(17)26-11-4-2-3-5-11/h6-9,11H,2-5,10,23H2,1H3. The van der Waals surface area contributed by atoms with Crippen molar-refractivity contribution in [2.45, 2.75) is 38.4 Å². The molecule has 1 aliphatic rings. The van der Waals surface area contributed by atoms with Gasteiger partial charge in [0.05, 0.1) is 24.5 Å². The number of hydrogen-bond donors (Lipinski definition) is 1. The number of rotatable bonds is 6. The van der Waals surface area contributed by atoms with Gasteiger partial charge in [-0.15, -0.1) is 0 Å². The smallest absolute Gasteiger partial charge is 0.169 e. The van der Waals surface area contributed by atoms with Crippen molar-refractivity contribution in [3.8, 4) is 17.2 Å². The topological polar surface area (TPSA) is 53.7 Å². The molecule has 0 saturated heterocycles. The molecule has 1 aliphatic carbocycles. The highest BCUT2D eigenvalue weighted by atomic mass is 19.2. The molecule has 2 aromatic carbocycles. The van der Waals surface area contributed by atoms with Gasteiger partial charge >= 0.3 is 0 Å². The van der Waals surface area contributed by atoms with Crippen LogP contribution < -0.4 is 19.9 Å². The van der Waals surface area contributed by atoms with Crippen LogP contribution in [0.3, 0.4) is 0 Å². The molecule has 0 atom stereocenters. The van der Waals surface area contributed by atoms with Crippen molar-refractivity contribution in [2.24, 2.45) is 0 Å². The summed E-state index contributed by atoms with van der Waals surface area (Å²) in [5, 5.41) is 0. The average molecular weight is 367 g/mol. The molecule has 0 aliphatic heterocycles. The normalized spacial score (nSPS) is 14.5. The third-order valence-electron chi connectivity index (χ3n) is 4.40. The van der Waals surface area contributed by atoms with Gasteiger partial charge in [-0.05, 0) is 37.8 Å². The molecule has 0 amide bonds. The van der Waals surface area contributed by atoms with Crippen molar-refractivity contribution in [2.75, 3.05) is 12.8 Å². The van der Waals surface area contributed by atoms with Gasteiger partial charge in [-0.3, -0.25) is 0 Å². The molecule has 26 heavy (non-hydrogen) atoms. The molecule has 0 unspecified atom stereocenters. The van der Waals surface area contributed by atoms with E-state index < -0.39 is 17.5 Å². The second-order valence-corrected chi connectivity index (χ2v) is 6.18. The number of ether oxygens (including phenoxy) is 3. The minimum atomic E-state index is -1.06. The Morgan fingerprint density at radius 1 is 1.00 bits per heavy atom. The van der Waals surface area contributed by atoms with Gasteiger partial charge in [0.25, 0.3) is 0 Å². The summed E-state index contributed by atoms with van der Waals surface area (Å²) in [6.07, 6.45) is 3.81. The first-order valence-corrected chi connectivity index (χ1v) is 8.39. The summed E-state index contributed by atoms with van der Waals surface area (Å²) in [4.78, 5) is 0. The summed E-state index contributed by atoms with van der Waals surface area (Å²) in [5.41, 5.74) is 5.41. The molecule has 0 heterocycles. The van der Waals surface area contributed by atoms with Crippen molar-refractivity contribution >= 4 is 5.69 Å². The molecule has 0 bridgehead atoms. The van der Waals surface area contributed by atoms with Crippen LogP contribution in [0.1, 0.15) is 31.2 Å². The van der Waals surface area contributed by atoms with Crippen LogP contribution in [0.5, 0.6) is 17.2 Å². The zero-order chi connectivity index (χ0) is 18.7. The lowest BCUT2D eigenvalue weighted by Crippen LogP contribution is -2.13.